The van der Waals surface area contributed by atoms with Gasteiger partial charge in [0.2, 0.25) is 5.91 Å². The van der Waals surface area contributed by atoms with E-state index in [4.69, 9.17) is 5.11 Å². The van der Waals surface area contributed by atoms with Gasteiger partial charge in [0.05, 0.1) is 11.6 Å². The fourth-order valence-corrected chi connectivity index (χ4v) is 2.64. The number of hydrogen-bond acceptors (Lipinski definition) is 3. The Balaban J connectivity index is 2.12. The number of aromatic carboxylic acids is 1. The predicted molar refractivity (Wildman–Crippen MR) is 76.8 cm³/mol. The molecule has 6 heteroatoms. The number of carboxylic acids is 1. The number of piperidine rings is 1. The van der Waals surface area contributed by atoms with Crippen molar-refractivity contribution in [2.24, 2.45) is 5.41 Å². The van der Waals surface area contributed by atoms with Crippen molar-refractivity contribution in [1.29, 1.82) is 0 Å². The van der Waals surface area contributed by atoms with E-state index in [0.717, 1.165) is 31.5 Å². The van der Waals surface area contributed by atoms with E-state index in [2.05, 4.69) is 10.6 Å². The number of benzene rings is 1. The summed E-state index contributed by atoms with van der Waals surface area (Å²) in [6.45, 7) is 4.79. The topological polar surface area (TPSA) is 78.4 Å². The van der Waals surface area contributed by atoms with Crippen molar-refractivity contribution in [2.45, 2.75) is 32.7 Å². The largest absolute Gasteiger partial charge is 0.478 e. The van der Waals surface area contributed by atoms with Crippen LogP contribution in [-0.2, 0) is 4.79 Å². The molecule has 0 spiro atoms. The number of halogens is 1. The molecule has 1 aliphatic heterocycles. The summed E-state index contributed by atoms with van der Waals surface area (Å²) in [6, 6.07) is 3.21. The Kier molecular flexibility index (Phi) is 4.27. The highest BCUT2D eigenvalue weighted by Crippen LogP contribution is 2.30. The van der Waals surface area contributed by atoms with Gasteiger partial charge in [0.1, 0.15) is 5.82 Å². The SMILES string of the molecule is CC1(C)CCCNC1C(=O)Nc1ccc(C(=O)O)c(F)c1. The van der Waals surface area contributed by atoms with Crippen molar-refractivity contribution in [3.8, 4) is 0 Å². The van der Waals surface area contributed by atoms with Gasteiger partial charge in [-0.3, -0.25) is 4.79 Å². The third-order valence-corrected chi connectivity index (χ3v) is 3.86. The molecule has 21 heavy (non-hydrogen) atoms. The van der Waals surface area contributed by atoms with E-state index in [9.17, 15) is 14.0 Å². The molecule has 1 saturated heterocycles. The van der Waals surface area contributed by atoms with Gasteiger partial charge in [0, 0.05) is 5.69 Å². The van der Waals surface area contributed by atoms with Crippen LogP contribution in [0.1, 0.15) is 37.0 Å². The van der Waals surface area contributed by atoms with Crippen LogP contribution in [0.15, 0.2) is 18.2 Å². The molecular formula is C15H19FN2O3. The maximum Gasteiger partial charge on any atom is 0.338 e. The quantitative estimate of drug-likeness (QED) is 0.799. The van der Waals surface area contributed by atoms with E-state index < -0.39 is 17.3 Å². The van der Waals surface area contributed by atoms with Crippen molar-refractivity contribution in [3.63, 3.8) is 0 Å². The Morgan fingerprint density at radius 3 is 2.71 bits per heavy atom. The second-order valence-corrected chi connectivity index (χ2v) is 5.97. The molecule has 0 aromatic heterocycles. The van der Waals surface area contributed by atoms with Crippen molar-refractivity contribution in [3.05, 3.63) is 29.6 Å². The molecule has 1 unspecified atom stereocenters. The standard InChI is InChI=1S/C15H19FN2O3/c1-15(2)6-3-7-17-12(15)13(19)18-9-4-5-10(14(20)21)11(16)8-9/h4-5,8,12,17H,3,6-7H2,1-2H3,(H,18,19)(H,20,21). The summed E-state index contributed by atoms with van der Waals surface area (Å²) in [7, 11) is 0. The van der Waals surface area contributed by atoms with Gasteiger partial charge < -0.3 is 15.7 Å². The zero-order valence-corrected chi connectivity index (χ0v) is 12.1. The van der Waals surface area contributed by atoms with Crippen LogP contribution < -0.4 is 10.6 Å². The van der Waals surface area contributed by atoms with Gasteiger partial charge in [-0.2, -0.15) is 0 Å². The molecule has 0 bridgehead atoms. The fourth-order valence-electron chi connectivity index (χ4n) is 2.64. The first-order valence-corrected chi connectivity index (χ1v) is 6.88. The van der Waals surface area contributed by atoms with E-state index in [1.165, 1.54) is 6.07 Å². The summed E-state index contributed by atoms with van der Waals surface area (Å²) in [5.74, 6) is -2.43. The van der Waals surface area contributed by atoms with Gasteiger partial charge in [-0.05, 0) is 43.0 Å². The van der Waals surface area contributed by atoms with Gasteiger partial charge in [0.15, 0.2) is 0 Å². The Morgan fingerprint density at radius 1 is 1.43 bits per heavy atom. The molecule has 0 radical (unpaired) electrons. The van der Waals surface area contributed by atoms with Crippen molar-refractivity contribution in [2.75, 3.05) is 11.9 Å². The van der Waals surface area contributed by atoms with Crippen LogP contribution in [0.25, 0.3) is 0 Å². The Labute approximate surface area is 122 Å². The van der Waals surface area contributed by atoms with Crippen molar-refractivity contribution < 1.29 is 19.1 Å². The monoisotopic (exact) mass is 294 g/mol. The van der Waals surface area contributed by atoms with Crippen LogP contribution in [0.4, 0.5) is 10.1 Å². The van der Waals surface area contributed by atoms with Gasteiger partial charge in [-0.25, -0.2) is 9.18 Å². The molecule has 114 valence electrons. The zero-order chi connectivity index (χ0) is 15.6. The molecule has 1 aromatic rings. The molecule has 1 heterocycles. The van der Waals surface area contributed by atoms with Crippen LogP contribution in [-0.4, -0.2) is 29.6 Å². The van der Waals surface area contributed by atoms with Gasteiger partial charge >= 0.3 is 5.97 Å². The lowest BCUT2D eigenvalue weighted by Crippen LogP contribution is -2.53. The number of anilines is 1. The zero-order valence-electron chi connectivity index (χ0n) is 12.1. The first-order chi connectivity index (χ1) is 9.81. The molecule has 5 nitrogen and oxygen atoms in total. The van der Waals surface area contributed by atoms with Crippen molar-refractivity contribution in [1.82, 2.24) is 5.32 Å². The number of rotatable bonds is 3. The molecule has 1 fully saturated rings. The third kappa shape index (κ3) is 3.39. The summed E-state index contributed by atoms with van der Waals surface area (Å²) in [6.07, 6.45) is 1.95. The Bertz CT molecular complexity index is 572. The minimum Gasteiger partial charge on any atom is -0.478 e. The lowest BCUT2D eigenvalue weighted by molar-refractivity contribution is -0.121. The third-order valence-electron chi connectivity index (χ3n) is 3.86. The normalized spacial score (nSPS) is 20.8. The minimum atomic E-state index is -1.33. The van der Waals surface area contributed by atoms with Crippen molar-refractivity contribution >= 4 is 17.6 Å². The number of carbonyl (C=O) groups is 2. The van der Waals surface area contributed by atoms with Crippen LogP contribution in [0, 0.1) is 11.2 Å². The summed E-state index contributed by atoms with van der Waals surface area (Å²) in [5, 5.41) is 14.6. The maximum atomic E-state index is 13.6. The molecule has 1 aliphatic rings. The number of carbonyl (C=O) groups excluding carboxylic acids is 1. The predicted octanol–water partition coefficient (Wildman–Crippen LogP) is 2.24. The molecule has 2 rings (SSSR count). The van der Waals surface area contributed by atoms with E-state index in [1.807, 2.05) is 13.8 Å². The molecule has 0 aliphatic carbocycles. The van der Waals surface area contributed by atoms with E-state index in [1.54, 1.807) is 0 Å². The van der Waals surface area contributed by atoms with E-state index in [0.29, 0.717) is 0 Å². The molecule has 0 saturated carbocycles. The van der Waals surface area contributed by atoms with Gasteiger partial charge in [-0.15, -0.1) is 0 Å². The van der Waals surface area contributed by atoms with E-state index in [-0.39, 0.29) is 23.1 Å². The Morgan fingerprint density at radius 2 is 2.14 bits per heavy atom. The lowest BCUT2D eigenvalue weighted by Gasteiger charge is -2.38. The second-order valence-electron chi connectivity index (χ2n) is 5.97. The van der Waals surface area contributed by atoms with Gasteiger partial charge in [0.25, 0.3) is 0 Å². The summed E-state index contributed by atoms with van der Waals surface area (Å²) < 4.78 is 13.6. The Hall–Kier alpha value is -1.95. The number of nitrogens with one attached hydrogen (secondary N) is 2. The number of amides is 1. The second kappa shape index (κ2) is 5.81. The molecule has 1 amide bonds. The highest BCUT2D eigenvalue weighted by Gasteiger charge is 2.37. The average Bonchev–Trinajstić information content (AvgIpc) is 2.37. The van der Waals surface area contributed by atoms with Crippen LogP contribution in [0.2, 0.25) is 0 Å². The first kappa shape index (κ1) is 15.4. The highest BCUT2D eigenvalue weighted by molar-refractivity contribution is 5.96. The summed E-state index contributed by atoms with van der Waals surface area (Å²) in [4.78, 5) is 23.1. The smallest absolute Gasteiger partial charge is 0.338 e. The highest BCUT2D eigenvalue weighted by atomic mass is 19.1. The number of hydrogen-bond donors (Lipinski definition) is 3. The maximum absolute atomic E-state index is 13.6. The summed E-state index contributed by atoms with van der Waals surface area (Å²) in [5.41, 5.74) is -0.336. The van der Waals surface area contributed by atoms with Crippen LogP contribution >= 0.6 is 0 Å². The van der Waals surface area contributed by atoms with Gasteiger partial charge in [-0.1, -0.05) is 13.8 Å². The summed E-state index contributed by atoms with van der Waals surface area (Å²) >= 11 is 0. The lowest BCUT2D eigenvalue weighted by atomic mass is 9.77. The van der Waals surface area contributed by atoms with E-state index >= 15 is 0 Å². The first-order valence-electron chi connectivity index (χ1n) is 6.88. The number of carboxylic acid groups (broad SMARTS) is 1. The molecular weight excluding hydrogens is 275 g/mol. The average molecular weight is 294 g/mol. The molecule has 3 N–H and O–H groups in total. The van der Waals surface area contributed by atoms with Crippen LogP contribution in [0.5, 0.6) is 0 Å². The van der Waals surface area contributed by atoms with Crippen LogP contribution in [0.3, 0.4) is 0 Å². The minimum absolute atomic E-state index is 0.179. The molecule has 1 atom stereocenters. The fraction of sp³-hybridized carbons (Fsp3) is 0.467. The molecule has 1 aromatic carbocycles.